The third kappa shape index (κ3) is 5.81. The molecule has 7 heteroatoms. The van der Waals surface area contributed by atoms with E-state index in [2.05, 4.69) is 13.2 Å². The maximum atomic E-state index is 11.9. The Labute approximate surface area is 169 Å². The summed E-state index contributed by atoms with van der Waals surface area (Å²) >= 11 is 0. The van der Waals surface area contributed by atoms with Gasteiger partial charge in [-0.1, -0.05) is 13.2 Å². The molecule has 1 heterocycles. The molecule has 154 valence electrons. The van der Waals surface area contributed by atoms with Crippen LogP contribution < -0.4 is 10.5 Å². The standard InChI is InChI=1S/C22H25NO6/c1-6-23(9-10-27-21(25)14(2)3)17-7-8-18-16(13-28-22(26)15(4)5)11-20(24)29-19(18)12-17/h7-8,11-12H,2,4,6,9-10,13H2,1,3,5H3. The Balaban J connectivity index is 2.22. The van der Waals surface area contributed by atoms with E-state index in [1.165, 1.54) is 6.07 Å². The summed E-state index contributed by atoms with van der Waals surface area (Å²) < 4.78 is 15.6. The minimum absolute atomic E-state index is 0.0541. The van der Waals surface area contributed by atoms with Crippen molar-refractivity contribution in [1.29, 1.82) is 0 Å². The zero-order valence-corrected chi connectivity index (χ0v) is 16.9. The lowest BCUT2D eigenvalue weighted by molar-refractivity contribution is -0.140. The van der Waals surface area contributed by atoms with E-state index in [4.69, 9.17) is 13.9 Å². The summed E-state index contributed by atoms with van der Waals surface area (Å²) in [5.74, 6) is -0.955. The van der Waals surface area contributed by atoms with Crippen LogP contribution in [0.5, 0.6) is 0 Å². The van der Waals surface area contributed by atoms with Gasteiger partial charge in [-0.2, -0.15) is 0 Å². The van der Waals surface area contributed by atoms with Crippen molar-refractivity contribution < 1.29 is 23.5 Å². The first kappa shape index (κ1) is 21.9. The van der Waals surface area contributed by atoms with Crippen molar-refractivity contribution in [2.45, 2.75) is 27.4 Å². The molecule has 0 bridgehead atoms. The Bertz CT molecular complexity index is 1000. The zero-order chi connectivity index (χ0) is 21.6. The molecule has 0 aliphatic heterocycles. The summed E-state index contributed by atoms with van der Waals surface area (Å²) in [6.45, 7) is 13.5. The average molecular weight is 399 g/mol. The van der Waals surface area contributed by atoms with E-state index in [0.717, 1.165) is 5.69 Å². The predicted octanol–water partition coefficient (Wildman–Crippen LogP) is 3.36. The molecule has 2 aromatic rings. The first-order valence-corrected chi connectivity index (χ1v) is 9.20. The van der Waals surface area contributed by atoms with E-state index in [9.17, 15) is 14.4 Å². The summed E-state index contributed by atoms with van der Waals surface area (Å²) in [6.07, 6.45) is 0. The van der Waals surface area contributed by atoms with E-state index in [1.807, 2.05) is 17.9 Å². The van der Waals surface area contributed by atoms with Gasteiger partial charge in [0.05, 0.1) is 6.54 Å². The topological polar surface area (TPSA) is 86.0 Å². The molecule has 0 spiro atoms. The van der Waals surface area contributed by atoms with Gasteiger partial charge in [-0.15, -0.1) is 0 Å². The number of ether oxygens (including phenoxy) is 2. The number of nitrogens with zero attached hydrogens (tertiary/aromatic N) is 1. The Kier molecular flexibility index (Phi) is 7.36. The van der Waals surface area contributed by atoms with Crippen LogP contribution in [0.3, 0.4) is 0 Å². The lowest BCUT2D eigenvalue weighted by atomic mass is 10.1. The van der Waals surface area contributed by atoms with Crippen molar-refractivity contribution in [3.8, 4) is 0 Å². The third-order valence-corrected chi connectivity index (χ3v) is 4.21. The van der Waals surface area contributed by atoms with Gasteiger partial charge in [0, 0.05) is 46.5 Å². The van der Waals surface area contributed by atoms with Crippen molar-refractivity contribution in [2.24, 2.45) is 0 Å². The second-order valence-electron chi connectivity index (χ2n) is 6.62. The zero-order valence-electron chi connectivity index (χ0n) is 16.9. The minimum Gasteiger partial charge on any atom is -0.460 e. The second-order valence-corrected chi connectivity index (χ2v) is 6.62. The van der Waals surface area contributed by atoms with Gasteiger partial charge in [0.1, 0.15) is 18.8 Å². The summed E-state index contributed by atoms with van der Waals surface area (Å²) in [7, 11) is 0. The molecule has 29 heavy (non-hydrogen) atoms. The van der Waals surface area contributed by atoms with Gasteiger partial charge in [0.2, 0.25) is 0 Å². The number of anilines is 1. The van der Waals surface area contributed by atoms with Gasteiger partial charge in [-0.25, -0.2) is 14.4 Å². The number of rotatable bonds is 9. The number of carbonyl (C=O) groups excluding carboxylic acids is 2. The average Bonchev–Trinajstić information content (AvgIpc) is 2.68. The van der Waals surface area contributed by atoms with Gasteiger partial charge < -0.3 is 18.8 Å². The van der Waals surface area contributed by atoms with E-state index in [1.54, 1.807) is 26.0 Å². The molecule has 0 aliphatic carbocycles. The lowest BCUT2D eigenvalue weighted by Crippen LogP contribution is -2.28. The summed E-state index contributed by atoms with van der Waals surface area (Å²) in [6, 6.07) is 6.73. The molecule has 7 nitrogen and oxygen atoms in total. The van der Waals surface area contributed by atoms with Gasteiger partial charge in [-0.05, 0) is 32.9 Å². The maximum absolute atomic E-state index is 11.9. The normalized spacial score (nSPS) is 10.4. The fourth-order valence-electron chi connectivity index (χ4n) is 2.64. The second kappa shape index (κ2) is 9.73. The van der Waals surface area contributed by atoms with Crippen LogP contribution in [0, 0.1) is 0 Å². The molecule has 2 rings (SSSR count). The molecular formula is C22H25NO6. The number of fused-ring (bicyclic) bond motifs is 1. The van der Waals surface area contributed by atoms with Gasteiger partial charge in [-0.3, -0.25) is 0 Å². The van der Waals surface area contributed by atoms with Crippen molar-refractivity contribution >= 4 is 28.6 Å². The number of hydrogen-bond acceptors (Lipinski definition) is 7. The first-order chi connectivity index (χ1) is 13.7. The highest BCUT2D eigenvalue weighted by molar-refractivity contribution is 5.88. The maximum Gasteiger partial charge on any atom is 0.336 e. The summed E-state index contributed by atoms with van der Waals surface area (Å²) in [5.41, 5.74) is 1.84. The molecule has 0 atom stereocenters. The molecule has 0 aliphatic rings. The van der Waals surface area contributed by atoms with Crippen LogP contribution in [-0.4, -0.2) is 31.6 Å². The first-order valence-electron chi connectivity index (χ1n) is 9.20. The predicted molar refractivity (Wildman–Crippen MR) is 111 cm³/mol. The van der Waals surface area contributed by atoms with E-state index >= 15 is 0 Å². The molecule has 0 saturated heterocycles. The van der Waals surface area contributed by atoms with Crippen LogP contribution in [0.25, 0.3) is 11.0 Å². The number of esters is 2. The van der Waals surface area contributed by atoms with Crippen LogP contribution in [0.15, 0.2) is 57.8 Å². The highest BCUT2D eigenvalue weighted by Gasteiger charge is 2.13. The SMILES string of the molecule is C=C(C)C(=O)OCCN(CC)c1ccc2c(COC(=O)C(=C)C)cc(=O)oc2c1. The van der Waals surface area contributed by atoms with Crippen molar-refractivity contribution in [2.75, 3.05) is 24.6 Å². The molecule has 0 amide bonds. The van der Waals surface area contributed by atoms with E-state index in [-0.39, 0.29) is 18.8 Å². The van der Waals surface area contributed by atoms with Crippen molar-refractivity contribution in [1.82, 2.24) is 0 Å². The van der Waals surface area contributed by atoms with Crippen LogP contribution in [0.1, 0.15) is 26.3 Å². The largest absolute Gasteiger partial charge is 0.460 e. The Morgan fingerprint density at radius 3 is 2.34 bits per heavy atom. The van der Waals surface area contributed by atoms with Crippen LogP contribution in [0.4, 0.5) is 5.69 Å². The van der Waals surface area contributed by atoms with Gasteiger partial charge >= 0.3 is 17.6 Å². The number of benzene rings is 1. The highest BCUT2D eigenvalue weighted by Crippen LogP contribution is 2.24. The van der Waals surface area contributed by atoms with Crippen LogP contribution in [-0.2, 0) is 25.7 Å². The van der Waals surface area contributed by atoms with E-state index in [0.29, 0.717) is 35.2 Å². The van der Waals surface area contributed by atoms with Crippen LogP contribution in [0.2, 0.25) is 0 Å². The Morgan fingerprint density at radius 2 is 1.72 bits per heavy atom. The highest BCUT2D eigenvalue weighted by atomic mass is 16.5. The molecule has 1 aromatic heterocycles. The van der Waals surface area contributed by atoms with Gasteiger partial charge in [0.25, 0.3) is 0 Å². The fourth-order valence-corrected chi connectivity index (χ4v) is 2.64. The molecule has 1 aromatic carbocycles. The molecular weight excluding hydrogens is 374 g/mol. The van der Waals surface area contributed by atoms with Crippen molar-refractivity contribution in [3.63, 3.8) is 0 Å². The third-order valence-electron chi connectivity index (χ3n) is 4.21. The molecule has 0 unspecified atom stereocenters. The summed E-state index contributed by atoms with van der Waals surface area (Å²) in [4.78, 5) is 37.1. The summed E-state index contributed by atoms with van der Waals surface area (Å²) in [5, 5.41) is 0.674. The Hall–Kier alpha value is -3.35. The number of likely N-dealkylation sites (N-methyl/N-ethyl adjacent to an activating group) is 1. The van der Waals surface area contributed by atoms with Crippen molar-refractivity contribution in [3.05, 3.63) is 64.6 Å². The Morgan fingerprint density at radius 1 is 1.07 bits per heavy atom. The lowest BCUT2D eigenvalue weighted by Gasteiger charge is -2.23. The molecule has 0 fully saturated rings. The monoisotopic (exact) mass is 399 g/mol. The van der Waals surface area contributed by atoms with E-state index < -0.39 is 17.6 Å². The molecule has 0 N–H and O–H groups in total. The minimum atomic E-state index is -0.533. The molecule has 0 radical (unpaired) electrons. The molecule has 0 saturated carbocycles. The van der Waals surface area contributed by atoms with Gasteiger partial charge in [0.15, 0.2) is 0 Å². The van der Waals surface area contributed by atoms with Crippen LogP contribution >= 0.6 is 0 Å². The fraction of sp³-hybridized carbons (Fsp3) is 0.318. The quantitative estimate of drug-likeness (QED) is 0.363. The smallest absolute Gasteiger partial charge is 0.336 e. The number of carbonyl (C=O) groups is 2. The number of hydrogen-bond donors (Lipinski definition) is 0.